The van der Waals surface area contributed by atoms with Crippen molar-refractivity contribution in [2.75, 3.05) is 0 Å². The van der Waals surface area contributed by atoms with E-state index in [2.05, 4.69) is 16.2 Å². The Morgan fingerprint density at radius 2 is 2.23 bits per heavy atom. The number of fused-ring (bicyclic) bond motifs is 1. The van der Waals surface area contributed by atoms with Crippen LogP contribution < -0.4 is 5.73 Å². The van der Waals surface area contributed by atoms with Gasteiger partial charge in [0.05, 0.1) is 17.2 Å². The number of carbonyl (C=O) groups is 1. The minimum absolute atomic E-state index is 0.438. The van der Waals surface area contributed by atoms with Crippen molar-refractivity contribution in [1.29, 1.82) is 0 Å². The lowest BCUT2D eigenvalue weighted by Gasteiger charge is -1.96. The fourth-order valence-electron chi connectivity index (χ4n) is 1.07. The maximum atomic E-state index is 10.8. The highest BCUT2D eigenvalue weighted by Gasteiger charge is 2.01. The van der Waals surface area contributed by atoms with E-state index in [0.29, 0.717) is 16.6 Å². The summed E-state index contributed by atoms with van der Waals surface area (Å²) in [6.45, 7) is 0. The Kier molecular flexibility index (Phi) is 1.66. The molecule has 1 aromatic heterocycles. The van der Waals surface area contributed by atoms with Crippen LogP contribution in [0.1, 0.15) is 10.4 Å². The topological polar surface area (TPSA) is 68.9 Å². The summed E-state index contributed by atoms with van der Waals surface area (Å²) in [5, 5.41) is 0. The van der Waals surface area contributed by atoms with Crippen LogP contribution in [-0.2, 0) is 0 Å². The molecule has 2 aromatic rings. The normalized spacial score (nSPS) is 10.2. The molecule has 0 aliphatic heterocycles. The summed E-state index contributed by atoms with van der Waals surface area (Å²) >= 11 is 0. The Morgan fingerprint density at radius 1 is 1.38 bits per heavy atom. The number of amides is 1. The number of rotatable bonds is 1. The molecule has 0 saturated heterocycles. The number of nitrogens with zero attached hydrogens (tertiary/aromatic N) is 2. The van der Waals surface area contributed by atoms with E-state index in [0.717, 1.165) is 0 Å². The number of hydrogen-bond donors (Lipinski definition) is 1. The molecule has 0 spiro atoms. The number of nitrogens with two attached hydrogens (primary N) is 1. The molecule has 1 heterocycles. The third kappa shape index (κ3) is 1.33. The summed E-state index contributed by atoms with van der Waals surface area (Å²) in [7, 11) is 0. The second kappa shape index (κ2) is 2.82. The van der Waals surface area contributed by atoms with E-state index in [1.807, 2.05) is 0 Å². The second-order valence-corrected chi connectivity index (χ2v) is 2.57. The summed E-state index contributed by atoms with van der Waals surface area (Å²) in [6.07, 6.45) is 4.06. The summed E-state index contributed by atoms with van der Waals surface area (Å²) < 4.78 is 0. The average Bonchev–Trinajstić information content (AvgIpc) is 2.17. The van der Waals surface area contributed by atoms with Gasteiger partial charge in [-0.25, -0.2) is 4.98 Å². The van der Waals surface area contributed by atoms with Gasteiger partial charge in [0.1, 0.15) is 6.20 Å². The minimum atomic E-state index is -0.462. The van der Waals surface area contributed by atoms with Gasteiger partial charge in [-0.1, -0.05) is 0 Å². The Morgan fingerprint density at radius 3 is 3.00 bits per heavy atom. The molecule has 63 valence electrons. The van der Waals surface area contributed by atoms with Gasteiger partial charge in [-0.15, -0.1) is 0 Å². The van der Waals surface area contributed by atoms with Crippen molar-refractivity contribution in [2.45, 2.75) is 0 Å². The van der Waals surface area contributed by atoms with Gasteiger partial charge >= 0.3 is 0 Å². The van der Waals surface area contributed by atoms with Crippen molar-refractivity contribution in [3.8, 4) is 0 Å². The van der Waals surface area contributed by atoms with E-state index >= 15 is 0 Å². The van der Waals surface area contributed by atoms with Crippen LogP contribution in [0.2, 0.25) is 0 Å². The molecule has 0 saturated carbocycles. The van der Waals surface area contributed by atoms with Crippen LogP contribution in [0.15, 0.2) is 24.4 Å². The number of hydrogen-bond acceptors (Lipinski definition) is 3. The highest BCUT2D eigenvalue weighted by atomic mass is 16.1. The van der Waals surface area contributed by atoms with Gasteiger partial charge in [0.15, 0.2) is 0 Å². The maximum absolute atomic E-state index is 10.8. The van der Waals surface area contributed by atoms with Crippen molar-refractivity contribution in [3.05, 3.63) is 36.2 Å². The van der Waals surface area contributed by atoms with E-state index in [4.69, 9.17) is 5.73 Å². The summed E-state index contributed by atoms with van der Waals surface area (Å²) in [5.74, 6) is -0.462. The first-order chi connectivity index (χ1) is 6.27. The van der Waals surface area contributed by atoms with Gasteiger partial charge in [-0.3, -0.25) is 9.78 Å². The standard InChI is InChI=1S/C9H6N3O/c10-9(13)6-1-2-7-8(5-6)12-4-3-11-7/h1-2,4-5H,(H2,10,13). The van der Waals surface area contributed by atoms with Gasteiger partial charge < -0.3 is 5.73 Å². The fraction of sp³-hybridized carbons (Fsp3) is 0. The van der Waals surface area contributed by atoms with Gasteiger partial charge in [-0.2, -0.15) is 0 Å². The van der Waals surface area contributed by atoms with E-state index in [1.54, 1.807) is 18.2 Å². The lowest BCUT2D eigenvalue weighted by Crippen LogP contribution is -2.10. The van der Waals surface area contributed by atoms with Crippen LogP contribution in [0, 0.1) is 6.20 Å². The van der Waals surface area contributed by atoms with Gasteiger partial charge in [0, 0.05) is 5.56 Å². The highest BCUT2D eigenvalue weighted by Crippen LogP contribution is 2.09. The molecule has 13 heavy (non-hydrogen) atoms. The fourth-order valence-corrected chi connectivity index (χ4v) is 1.07. The van der Waals surface area contributed by atoms with Crippen LogP contribution in [0.5, 0.6) is 0 Å². The molecular formula is C9H6N3O. The SMILES string of the molecule is NC(=O)c1ccc2n[c]cnc2c1. The molecular weight excluding hydrogens is 166 g/mol. The summed E-state index contributed by atoms with van der Waals surface area (Å²) in [6, 6.07) is 4.92. The number of primary amides is 1. The summed E-state index contributed by atoms with van der Waals surface area (Å²) in [5.41, 5.74) is 6.90. The molecule has 0 aliphatic rings. The van der Waals surface area contributed by atoms with Gasteiger partial charge in [-0.05, 0) is 18.2 Å². The first-order valence-electron chi connectivity index (χ1n) is 3.70. The largest absolute Gasteiger partial charge is 0.366 e. The molecule has 2 rings (SSSR count). The zero-order valence-corrected chi connectivity index (χ0v) is 6.69. The molecule has 0 unspecified atom stereocenters. The average molecular weight is 172 g/mol. The molecule has 0 bridgehead atoms. The summed E-state index contributed by atoms with van der Waals surface area (Å²) in [4.78, 5) is 18.8. The van der Waals surface area contributed by atoms with Gasteiger partial charge in [0.25, 0.3) is 0 Å². The Hall–Kier alpha value is -1.97. The molecule has 0 fully saturated rings. The molecule has 0 atom stereocenters. The van der Waals surface area contributed by atoms with Crippen LogP contribution in [0.4, 0.5) is 0 Å². The third-order valence-corrected chi connectivity index (χ3v) is 1.71. The van der Waals surface area contributed by atoms with Crippen LogP contribution in [0.3, 0.4) is 0 Å². The molecule has 1 radical (unpaired) electrons. The molecule has 1 aromatic carbocycles. The first kappa shape index (κ1) is 7.67. The predicted molar refractivity (Wildman–Crippen MR) is 46.9 cm³/mol. The highest BCUT2D eigenvalue weighted by molar-refractivity contribution is 5.95. The van der Waals surface area contributed by atoms with Gasteiger partial charge in [0.2, 0.25) is 5.91 Å². The number of benzene rings is 1. The zero-order chi connectivity index (χ0) is 9.26. The zero-order valence-electron chi connectivity index (χ0n) is 6.69. The second-order valence-electron chi connectivity index (χ2n) is 2.57. The van der Waals surface area contributed by atoms with Crippen LogP contribution >= 0.6 is 0 Å². The predicted octanol–water partition coefficient (Wildman–Crippen LogP) is 0.529. The molecule has 0 aliphatic carbocycles. The Balaban J connectivity index is 2.69. The van der Waals surface area contributed by atoms with Crippen molar-refractivity contribution >= 4 is 16.9 Å². The number of aromatic nitrogens is 2. The molecule has 1 amide bonds. The Labute approximate surface area is 74.4 Å². The number of carbonyl (C=O) groups excluding carboxylic acids is 1. The van der Waals surface area contributed by atoms with E-state index in [9.17, 15) is 4.79 Å². The molecule has 2 N–H and O–H groups in total. The molecule has 4 nitrogen and oxygen atoms in total. The first-order valence-corrected chi connectivity index (χ1v) is 3.70. The maximum Gasteiger partial charge on any atom is 0.248 e. The molecule has 4 heteroatoms. The van der Waals surface area contributed by atoms with Crippen LogP contribution in [-0.4, -0.2) is 15.9 Å². The van der Waals surface area contributed by atoms with E-state index < -0.39 is 5.91 Å². The van der Waals surface area contributed by atoms with E-state index in [-0.39, 0.29) is 0 Å². The lowest BCUT2D eigenvalue weighted by molar-refractivity contribution is 0.100. The van der Waals surface area contributed by atoms with E-state index in [1.165, 1.54) is 6.20 Å². The Bertz CT molecular complexity index is 467. The van der Waals surface area contributed by atoms with Crippen molar-refractivity contribution in [2.24, 2.45) is 5.73 Å². The van der Waals surface area contributed by atoms with Crippen molar-refractivity contribution in [1.82, 2.24) is 9.97 Å². The third-order valence-electron chi connectivity index (χ3n) is 1.71. The smallest absolute Gasteiger partial charge is 0.248 e. The minimum Gasteiger partial charge on any atom is -0.366 e. The monoisotopic (exact) mass is 172 g/mol. The lowest BCUT2D eigenvalue weighted by atomic mass is 10.2. The van der Waals surface area contributed by atoms with Crippen LogP contribution in [0.25, 0.3) is 11.0 Å². The quantitative estimate of drug-likeness (QED) is 0.682. The van der Waals surface area contributed by atoms with Crippen molar-refractivity contribution < 1.29 is 4.79 Å². The van der Waals surface area contributed by atoms with Crippen molar-refractivity contribution in [3.63, 3.8) is 0 Å².